The van der Waals surface area contributed by atoms with Crippen molar-refractivity contribution in [3.05, 3.63) is 0 Å². The van der Waals surface area contributed by atoms with E-state index in [1.807, 2.05) is 6.26 Å². The molecule has 0 aliphatic rings. The highest BCUT2D eigenvalue weighted by molar-refractivity contribution is 7.98. The second-order valence-corrected chi connectivity index (χ2v) is 3.97. The third-order valence-corrected chi connectivity index (χ3v) is 2.42. The Labute approximate surface area is 93.6 Å². The number of ether oxygens (including phenoxy) is 1. The van der Waals surface area contributed by atoms with Crippen LogP contribution >= 0.6 is 11.8 Å². The number of methoxy groups -OCH3 is 1. The van der Waals surface area contributed by atoms with Gasteiger partial charge in [-0.3, -0.25) is 4.79 Å². The number of carboxylic acids is 1. The molecule has 6 heteroatoms. The summed E-state index contributed by atoms with van der Waals surface area (Å²) in [6.45, 7) is 0.306. The summed E-state index contributed by atoms with van der Waals surface area (Å²) in [6, 6.07) is -0.790. The number of carbonyl (C=O) groups is 2. The Morgan fingerprint density at radius 1 is 1.53 bits per heavy atom. The van der Waals surface area contributed by atoms with Gasteiger partial charge in [0.2, 0.25) is 5.91 Å². The molecule has 1 amide bonds. The lowest BCUT2D eigenvalue weighted by Gasteiger charge is -2.13. The average molecular weight is 235 g/mol. The topological polar surface area (TPSA) is 75.6 Å². The van der Waals surface area contributed by atoms with Crippen LogP contribution in [0.3, 0.4) is 0 Å². The van der Waals surface area contributed by atoms with E-state index in [0.29, 0.717) is 18.8 Å². The maximum absolute atomic E-state index is 11.2. The van der Waals surface area contributed by atoms with Crippen molar-refractivity contribution < 1.29 is 19.4 Å². The van der Waals surface area contributed by atoms with E-state index in [2.05, 4.69) is 5.32 Å². The Hall–Kier alpha value is -0.750. The fourth-order valence-electron chi connectivity index (χ4n) is 0.954. The van der Waals surface area contributed by atoms with Crippen LogP contribution in [-0.2, 0) is 14.3 Å². The van der Waals surface area contributed by atoms with Crippen molar-refractivity contribution in [1.29, 1.82) is 0 Å². The van der Waals surface area contributed by atoms with Crippen molar-refractivity contribution in [2.24, 2.45) is 0 Å². The summed E-state index contributed by atoms with van der Waals surface area (Å²) >= 11 is 1.55. The van der Waals surface area contributed by atoms with Crippen molar-refractivity contribution >= 4 is 23.6 Å². The van der Waals surface area contributed by atoms with Crippen LogP contribution in [0.5, 0.6) is 0 Å². The van der Waals surface area contributed by atoms with E-state index in [0.717, 1.165) is 0 Å². The van der Waals surface area contributed by atoms with Gasteiger partial charge in [-0.2, -0.15) is 11.8 Å². The van der Waals surface area contributed by atoms with Crippen molar-refractivity contribution in [2.75, 3.05) is 25.7 Å². The first-order chi connectivity index (χ1) is 7.11. The zero-order chi connectivity index (χ0) is 11.7. The highest BCUT2D eigenvalue weighted by Crippen LogP contribution is 2.01. The molecule has 88 valence electrons. The van der Waals surface area contributed by atoms with Gasteiger partial charge in [0, 0.05) is 13.5 Å². The van der Waals surface area contributed by atoms with Crippen LogP contribution in [0, 0.1) is 0 Å². The molecule has 0 radical (unpaired) electrons. The molecule has 0 aromatic heterocycles. The maximum Gasteiger partial charge on any atom is 0.326 e. The van der Waals surface area contributed by atoms with E-state index < -0.39 is 12.0 Å². The van der Waals surface area contributed by atoms with E-state index in [1.165, 1.54) is 7.11 Å². The number of aliphatic carboxylic acids is 1. The summed E-state index contributed by atoms with van der Waals surface area (Å²) in [7, 11) is 1.50. The molecule has 0 bridgehead atoms. The summed E-state index contributed by atoms with van der Waals surface area (Å²) in [4.78, 5) is 22.0. The maximum atomic E-state index is 11.2. The quantitative estimate of drug-likeness (QED) is 0.634. The number of carbonyl (C=O) groups excluding carboxylic acids is 1. The van der Waals surface area contributed by atoms with Crippen LogP contribution in [0.2, 0.25) is 0 Å². The zero-order valence-corrected chi connectivity index (χ0v) is 9.80. The first kappa shape index (κ1) is 14.2. The lowest BCUT2D eigenvalue weighted by molar-refractivity contribution is -0.142. The Kier molecular flexibility index (Phi) is 8.12. The third-order valence-electron chi connectivity index (χ3n) is 1.78. The highest BCUT2D eigenvalue weighted by atomic mass is 32.2. The third kappa shape index (κ3) is 7.21. The summed E-state index contributed by atoms with van der Waals surface area (Å²) in [5.74, 6) is -0.568. The molecule has 5 nitrogen and oxygen atoms in total. The Bertz CT molecular complexity index is 210. The lowest BCUT2D eigenvalue weighted by atomic mass is 10.2. The molecule has 15 heavy (non-hydrogen) atoms. The van der Waals surface area contributed by atoms with Gasteiger partial charge in [-0.15, -0.1) is 0 Å². The summed E-state index contributed by atoms with van der Waals surface area (Å²) < 4.78 is 4.72. The van der Waals surface area contributed by atoms with E-state index >= 15 is 0 Å². The van der Waals surface area contributed by atoms with Crippen molar-refractivity contribution in [1.82, 2.24) is 5.32 Å². The van der Waals surface area contributed by atoms with Crippen LogP contribution in [0.1, 0.15) is 12.8 Å². The van der Waals surface area contributed by atoms with Crippen molar-refractivity contribution in [3.8, 4) is 0 Å². The number of hydrogen-bond acceptors (Lipinski definition) is 4. The van der Waals surface area contributed by atoms with Crippen LogP contribution in [0.4, 0.5) is 0 Å². The number of amides is 1. The number of carboxylic acid groups (broad SMARTS) is 1. The van der Waals surface area contributed by atoms with Crippen molar-refractivity contribution in [2.45, 2.75) is 18.9 Å². The van der Waals surface area contributed by atoms with Crippen molar-refractivity contribution in [3.63, 3.8) is 0 Å². The Morgan fingerprint density at radius 3 is 2.67 bits per heavy atom. The molecule has 0 aromatic rings. The first-order valence-electron chi connectivity index (χ1n) is 4.61. The predicted molar refractivity (Wildman–Crippen MR) is 59.1 cm³/mol. The molecule has 0 saturated carbocycles. The van der Waals surface area contributed by atoms with Gasteiger partial charge in [0.1, 0.15) is 6.04 Å². The van der Waals surface area contributed by atoms with E-state index in [-0.39, 0.29) is 12.3 Å². The summed E-state index contributed by atoms with van der Waals surface area (Å²) in [5, 5.41) is 11.3. The molecular weight excluding hydrogens is 218 g/mol. The molecule has 0 fully saturated rings. The molecule has 0 aromatic carbocycles. The number of rotatable bonds is 8. The van der Waals surface area contributed by atoms with Gasteiger partial charge in [0.15, 0.2) is 0 Å². The Balaban J connectivity index is 3.93. The van der Waals surface area contributed by atoms with Gasteiger partial charge < -0.3 is 15.2 Å². The minimum absolute atomic E-state index is 0.194. The second kappa shape index (κ2) is 8.55. The second-order valence-electron chi connectivity index (χ2n) is 2.98. The van der Waals surface area contributed by atoms with E-state index in [4.69, 9.17) is 9.84 Å². The largest absolute Gasteiger partial charge is 0.480 e. The smallest absolute Gasteiger partial charge is 0.326 e. The molecule has 0 aliphatic heterocycles. The van der Waals surface area contributed by atoms with Gasteiger partial charge in [-0.1, -0.05) is 0 Å². The van der Waals surface area contributed by atoms with Gasteiger partial charge in [-0.05, 0) is 18.4 Å². The normalized spacial score (nSPS) is 12.1. The first-order valence-corrected chi connectivity index (χ1v) is 6.01. The Morgan fingerprint density at radius 2 is 2.20 bits per heavy atom. The van der Waals surface area contributed by atoms with Crippen LogP contribution in [0.25, 0.3) is 0 Å². The number of thioether (sulfide) groups is 1. The molecule has 0 spiro atoms. The summed E-state index contributed by atoms with van der Waals surface area (Å²) in [5.41, 5.74) is 0. The molecule has 0 saturated heterocycles. The molecule has 0 unspecified atom stereocenters. The molecule has 1 atom stereocenters. The zero-order valence-electron chi connectivity index (χ0n) is 8.99. The SMILES string of the molecule is COCCC(=O)N[C@@H](CCSC)C(=O)O. The fraction of sp³-hybridized carbons (Fsp3) is 0.778. The van der Waals surface area contributed by atoms with Gasteiger partial charge >= 0.3 is 5.97 Å². The van der Waals surface area contributed by atoms with E-state index in [1.54, 1.807) is 11.8 Å². The minimum atomic E-state index is -0.991. The average Bonchev–Trinajstić information content (AvgIpc) is 2.20. The molecule has 0 heterocycles. The van der Waals surface area contributed by atoms with Crippen LogP contribution in [0.15, 0.2) is 0 Å². The number of hydrogen-bond donors (Lipinski definition) is 2. The lowest BCUT2D eigenvalue weighted by Crippen LogP contribution is -2.41. The van der Waals surface area contributed by atoms with Crippen LogP contribution in [-0.4, -0.2) is 48.8 Å². The minimum Gasteiger partial charge on any atom is -0.480 e. The number of nitrogens with one attached hydrogen (secondary N) is 1. The predicted octanol–water partition coefficient (Wildman–Crippen LogP) is 0.345. The van der Waals surface area contributed by atoms with Crippen LogP contribution < -0.4 is 5.32 Å². The highest BCUT2D eigenvalue weighted by Gasteiger charge is 2.18. The fourth-order valence-corrected chi connectivity index (χ4v) is 1.43. The van der Waals surface area contributed by atoms with Gasteiger partial charge in [0.25, 0.3) is 0 Å². The molecule has 2 N–H and O–H groups in total. The summed E-state index contributed by atoms with van der Waals surface area (Å²) in [6.07, 6.45) is 2.53. The van der Waals surface area contributed by atoms with E-state index in [9.17, 15) is 9.59 Å². The van der Waals surface area contributed by atoms with Gasteiger partial charge in [0.05, 0.1) is 6.61 Å². The standard InChI is InChI=1S/C9H17NO4S/c1-14-5-3-8(11)10-7(9(12)13)4-6-15-2/h7H,3-6H2,1-2H3,(H,10,11)(H,12,13)/t7-/m0/s1. The van der Waals surface area contributed by atoms with Gasteiger partial charge in [-0.25, -0.2) is 4.79 Å². The molecule has 0 aliphatic carbocycles. The molecule has 0 rings (SSSR count). The molecular formula is C9H17NO4S. The monoisotopic (exact) mass is 235 g/mol.